The van der Waals surface area contributed by atoms with Crippen molar-refractivity contribution in [1.29, 1.82) is 0 Å². The lowest BCUT2D eigenvalue weighted by atomic mass is 10.4. The number of hydrogen-bond donors (Lipinski definition) is 0. The molecule has 27 heavy (non-hydrogen) atoms. The summed E-state index contributed by atoms with van der Waals surface area (Å²) in [7, 11) is -0.142. The Labute approximate surface area is 163 Å². The largest absolute Gasteiger partial charge is 0.354 e. The van der Waals surface area contributed by atoms with Gasteiger partial charge in [-0.05, 0) is 50.2 Å². The van der Waals surface area contributed by atoms with E-state index in [0.29, 0.717) is 6.61 Å². The second-order valence-corrected chi connectivity index (χ2v) is 10.6. The molecular formula is C24H28O2P+. The topological polar surface area (TPSA) is 18.5 Å². The molecule has 3 rings (SSSR count). The van der Waals surface area contributed by atoms with Crippen LogP contribution < -0.4 is 15.9 Å². The standard InChI is InChI=1S/C24H28O2P/c1-24(2,25-3)26-19-20-27(21-13-7-4-8-14-21,22-15-9-5-10-16-22)23-17-11-6-12-18-23/h4-18H,19-20H2,1-3H3/q+1. The number of ether oxygens (including phenoxy) is 2. The van der Waals surface area contributed by atoms with E-state index in [4.69, 9.17) is 9.47 Å². The maximum absolute atomic E-state index is 6.10. The molecule has 0 atom stereocenters. The first-order chi connectivity index (χ1) is 13.1. The van der Waals surface area contributed by atoms with E-state index >= 15 is 0 Å². The van der Waals surface area contributed by atoms with E-state index in [1.54, 1.807) is 7.11 Å². The molecule has 140 valence electrons. The van der Waals surface area contributed by atoms with Crippen LogP contribution in [0.1, 0.15) is 13.8 Å². The molecular weight excluding hydrogens is 351 g/mol. The third kappa shape index (κ3) is 4.47. The van der Waals surface area contributed by atoms with Crippen molar-refractivity contribution in [1.82, 2.24) is 0 Å². The lowest BCUT2D eigenvalue weighted by Gasteiger charge is -2.29. The normalized spacial score (nSPS) is 12.1. The fourth-order valence-electron chi connectivity index (χ4n) is 3.37. The molecule has 0 N–H and O–H groups in total. The van der Waals surface area contributed by atoms with Crippen LogP contribution in [0.15, 0.2) is 91.0 Å². The quantitative estimate of drug-likeness (QED) is 0.427. The van der Waals surface area contributed by atoms with Crippen LogP contribution in [0.25, 0.3) is 0 Å². The van der Waals surface area contributed by atoms with Crippen LogP contribution in [0.5, 0.6) is 0 Å². The summed E-state index contributed by atoms with van der Waals surface area (Å²) in [4.78, 5) is 0. The van der Waals surface area contributed by atoms with E-state index in [0.717, 1.165) is 6.16 Å². The molecule has 0 aromatic heterocycles. The summed E-state index contributed by atoms with van der Waals surface area (Å²) in [6, 6.07) is 32.6. The molecule has 0 spiro atoms. The molecule has 0 bridgehead atoms. The van der Waals surface area contributed by atoms with Crippen molar-refractivity contribution in [2.24, 2.45) is 0 Å². The number of benzene rings is 3. The van der Waals surface area contributed by atoms with E-state index in [-0.39, 0.29) is 0 Å². The Kier molecular flexibility index (Phi) is 6.44. The second kappa shape index (κ2) is 8.80. The summed E-state index contributed by atoms with van der Waals surface area (Å²) in [5.41, 5.74) is 0. The van der Waals surface area contributed by atoms with E-state index in [1.165, 1.54) is 15.9 Å². The van der Waals surface area contributed by atoms with Crippen LogP contribution in [0, 0.1) is 0 Å². The van der Waals surface area contributed by atoms with Gasteiger partial charge in [0.1, 0.15) is 23.2 Å². The predicted octanol–water partition coefficient (Wildman–Crippen LogP) is 4.38. The van der Waals surface area contributed by atoms with E-state index < -0.39 is 13.0 Å². The van der Waals surface area contributed by atoms with Gasteiger partial charge in [0.25, 0.3) is 0 Å². The summed E-state index contributed by atoms with van der Waals surface area (Å²) in [6.45, 7) is 4.55. The molecule has 0 radical (unpaired) electrons. The lowest BCUT2D eigenvalue weighted by molar-refractivity contribution is -0.193. The van der Waals surface area contributed by atoms with Gasteiger partial charge >= 0.3 is 0 Å². The first-order valence-electron chi connectivity index (χ1n) is 9.32. The van der Waals surface area contributed by atoms with Crippen LogP contribution in [0.4, 0.5) is 0 Å². The monoisotopic (exact) mass is 379 g/mol. The molecule has 3 aromatic carbocycles. The number of rotatable bonds is 8. The van der Waals surface area contributed by atoms with Gasteiger partial charge in [-0.2, -0.15) is 0 Å². The van der Waals surface area contributed by atoms with E-state index in [2.05, 4.69) is 91.0 Å². The molecule has 0 heterocycles. The Morgan fingerprint density at radius 3 is 1.37 bits per heavy atom. The Morgan fingerprint density at radius 1 is 0.667 bits per heavy atom. The van der Waals surface area contributed by atoms with Crippen LogP contribution in [-0.4, -0.2) is 25.7 Å². The summed E-state index contributed by atoms with van der Waals surface area (Å²) in [5.74, 6) is -0.584. The highest BCUT2D eigenvalue weighted by atomic mass is 31.2. The summed E-state index contributed by atoms with van der Waals surface area (Å²) < 4.78 is 11.6. The molecule has 0 aliphatic rings. The van der Waals surface area contributed by atoms with Gasteiger partial charge in [0, 0.05) is 7.11 Å². The Hall–Kier alpha value is -1.99. The predicted molar refractivity (Wildman–Crippen MR) is 117 cm³/mol. The van der Waals surface area contributed by atoms with Crippen molar-refractivity contribution >= 4 is 23.2 Å². The Bertz CT molecular complexity index is 720. The van der Waals surface area contributed by atoms with Crippen molar-refractivity contribution in [2.75, 3.05) is 19.9 Å². The van der Waals surface area contributed by atoms with Crippen molar-refractivity contribution in [3.05, 3.63) is 91.0 Å². The van der Waals surface area contributed by atoms with Gasteiger partial charge in [0.2, 0.25) is 0 Å². The maximum Gasteiger partial charge on any atom is 0.162 e. The molecule has 0 aliphatic carbocycles. The summed E-state index contributed by atoms with van der Waals surface area (Å²) in [6.07, 6.45) is 0.928. The zero-order valence-corrected chi connectivity index (χ0v) is 17.2. The van der Waals surface area contributed by atoms with E-state index in [9.17, 15) is 0 Å². The van der Waals surface area contributed by atoms with Gasteiger partial charge in [-0.3, -0.25) is 0 Å². The Morgan fingerprint density at radius 2 is 1.04 bits per heavy atom. The highest BCUT2D eigenvalue weighted by molar-refractivity contribution is 7.95. The molecule has 0 saturated heterocycles. The van der Waals surface area contributed by atoms with Gasteiger partial charge < -0.3 is 9.47 Å². The minimum absolute atomic E-state index is 0.584. The highest BCUT2D eigenvalue weighted by Gasteiger charge is 2.45. The first kappa shape index (κ1) is 19.8. The van der Waals surface area contributed by atoms with Crippen molar-refractivity contribution in [3.8, 4) is 0 Å². The smallest absolute Gasteiger partial charge is 0.162 e. The fraction of sp³-hybridized carbons (Fsp3) is 0.250. The van der Waals surface area contributed by atoms with Crippen LogP contribution >= 0.6 is 7.26 Å². The van der Waals surface area contributed by atoms with Gasteiger partial charge in [-0.15, -0.1) is 0 Å². The van der Waals surface area contributed by atoms with Gasteiger partial charge in [-0.1, -0.05) is 54.6 Å². The SMILES string of the molecule is COC(C)(C)OCC[P+](c1ccccc1)(c1ccccc1)c1ccccc1. The minimum atomic E-state index is -1.83. The third-order valence-corrected chi connectivity index (χ3v) is 9.35. The molecule has 0 amide bonds. The minimum Gasteiger partial charge on any atom is -0.354 e. The van der Waals surface area contributed by atoms with Crippen LogP contribution in [0.2, 0.25) is 0 Å². The Balaban J connectivity index is 2.11. The molecule has 0 aliphatic heterocycles. The zero-order valence-electron chi connectivity index (χ0n) is 16.3. The average molecular weight is 379 g/mol. The summed E-state index contributed by atoms with van der Waals surface area (Å²) in [5, 5.41) is 4.13. The molecule has 2 nitrogen and oxygen atoms in total. The van der Waals surface area contributed by atoms with Crippen LogP contribution in [-0.2, 0) is 9.47 Å². The lowest BCUT2D eigenvalue weighted by Crippen LogP contribution is -2.36. The summed E-state index contributed by atoms with van der Waals surface area (Å²) >= 11 is 0. The first-order valence-corrected chi connectivity index (χ1v) is 11.3. The number of hydrogen-bond acceptors (Lipinski definition) is 2. The van der Waals surface area contributed by atoms with Gasteiger partial charge in [0.05, 0.1) is 12.8 Å². The maximum atomic E-state index is 6.10. The molecule has 3 heteroatoms. The molecule has 0 unspecified atom stereocenters. The average Bonchev–Trinajstić information content (AvgIpc) is 2.73. The zero-order chi connectivity index (χ0) is 19.2. The van der Waals surface area contributed by atoms with Crippen molar-refractivity contribution in [3.63, 3.8) is 0 Å². The van der Waals surface area contributed by atoms with Gasteiger partial charge in [0.15, 0.2) is 5.79 Å². The molecule has 0 fully saturated rings. The molecule has 3 aromatic rings. The van der Waals surface area contributed by atoms with Crippen molar-refractivity contribution in [2.45, 2.75) is 19.6 Å². The van der Waals surface area contributed by atoms with E-state index in [1.807, 2.05) is 13.8 Å². The second-order valence-electron chi connectivity index (χ2n) is 6.99. The highest BCUT2D eigenvalue weighted by Crippen LogP contribution is 2.55. The van der Waals surface area contributed by atoms with Crippen molar-refractivity contribution < 1.29 is 9.47 Å². The van der Waals surface area contributed by atoms with Gasteiger partial charge in [-0.25, -0.2) is 0 Å². The van der Waals surface area contributed by atoms with Crippen LogP contribution in [0.3, 0.4) is 0 Å². The number of methoxy groups -OCH3 is 1. The fourth-order valence-corrected chi connectivity index (χ4v) is 7.45. The third-order valence-electron chi connectivity index (χ3n) is 4.96. The molecule has 0 saturated carbocycles.